The first-order valence-corrected chi connectivity index (χ1v) is 11.8. The fraction of sp³-hybridized carbons (Fsp3) is 0.409. The van der Waals surface area contributed by atoms with Gasteiger partial charge < -0.3 is 10.2 Å². The van der Waals surface area contributed by atoms with Crippen LogP contribution in [0.4, 0.5) is 0 Å². The summed E-state index contributed by atoms with van der Waals surface area (Å²) in [6.45, 7) is 8.21. The van der Waals surface area contributed by atoms with Crippen LogP contribution in [0.25, 0.3) is 0 Å². The predicted octanol–water partition coefficient (Wildman–Crippen LogP) is 2.50. The van der Waals surface area contributed by atoms with Gasteiger partial charge in [0, 0.05) is 39.3 Å². The third-order valence-corrected chi connectivity index (χ3v) is 6.60. The summed E-state index contributed by atoms with van der Waals surface area (Å²) < 4.78 is 26.0. The molecule has 1 fully saturated rings. The maximum atomic E-state index is 11.9. The SMILES string of the molecule is CCNC(=NCc1ccc(S(=O)(=O)NC)cc1)N1CCN(Cc2ccccc2)CC1.I. The van der Waals surface area contributed by atoms with Gasteiger partial charge in [-0.3, -0.25) is 4.90 Å². The topological polar surface area (TPSA) is 77.0 Å². The zero-order chi connectivity index (χ0) is 21.4. The van der Waals surface area contributed by atoms with Crippen molar-refractivity contribution in [2.45, 2.75) is 24.9 Å². The molecule has 0 aliphatic carbocycles. The summed E-state index contributed by atoms with van der Waals surface area (Å²) in [7, 11) is -2.00. The van der Waals surface area contributed by atoms with Gasteiger partial charge >= 0.3 is 0 Å². The highest BCUT2D eigenvalue weighted by Crippen LogP contribution is 2.12. The van der Waals surface area contributed by atoms with E-state index in [1.807, 2.05) is 18.2 Å². The molecule has 0 aromatic heterocycles. The third-order valence-electron chi connectivity index (χ3n) is 5.17. The zero-order valence-electron chi connectivity index (χ0n) is 18.1. The van der Waals surface area contributed by atoms with Gasteiger partial charge in [0.15, 0.2) is 5.96 Å². The lowest BCUT2D eigenvalue weighted by atomic mass is 10.2. The highest BCUT2D eigenvalue weighted by molar-refractivity contribution is 14.0. The minimum Gasteiger partial charge on any atom is -0.357 e. The summed E-state index contributed by atoms with van der Waals surface area (Å²) in [5.74, 6) is 0.906. The van der Waals surface area contributed by atoms with Crippen LogP contribution in [0.3, 0.4) is 0 Å². The molecule has 2 N–H and O–H groups in total. The highest BCUT2D eigenvalue weighted by atomic mass is 127. The zero-order valence-corrected chi connectivity index (χ0v) is 21.3. The second-order valence-corrected chi connectivity index (χ2v) is 9.16. The molecule has 0 atom stereocenters. The van der Waals surface area contributed by atoms with Gasteiger partial charge in [0.1, 0.15) is 0 Å². The van der Waals surface area contributed by atoms with Gasteiger partial charge in [-0.1, -0.05) is 42.5 Å². The van der Waals surface area contributed by atoms with E-state index in [0.29, 0.717) is 6.54 Å². The van der Waals surface area contributed by atoms with Crippen LogP contribution in [0.1, 0.15) is 18.1 Å². The Kier molecular flexibility index (Phi) is 10.2. The largest absolute Gasteiger partial charge is 0.357 e. The van der Waals surface area contributed by atoms with Gasteiger partial charge in [0.25, 0.3) is 0 Å². The standard InChI is InChI=1S/C22H31N5O2S.HI/c1-3-24-22(25-17-19-9-11-21(12-10-19)30(28,29)23-2)27-15-13-26(14-16-27)18-20-7-5-4-6-8-20;/h4-12,23H,3,13-18H2,1-2H3,(H,24,25);1H. The molecule has 0 radical (unpaired) electrons. The van der Waals surface area contributed by atoms with E-state index in [4.69, 9.17) is 4.99 Å². The van der Waals surface area contributed by atoms with Crippen molar-refractivity contribution >= 4 is 40.0 Å². The summed E-state index contributed by atoms with van der Waals surface area (Å²) in [5.41, 5.74) is 2.32. The molecule has 31 heavy (non-hydrogen) atoms. The Hall–Kier alpha value is -1.69. The first-order chi connectivity index (χ1) is 14.5. The van der Waals surface area contributed by atoms with Crippen molar-refractivity contribution < 1.29 is 8.42 Å². The Balaban J connectivity index is 0.00000341. The predicted molar refractivity (Wildman–Crippen MR) is 136 cm³/mol. The molecule has 0 unspecified atom stereocenters. The molecule has 2 aromatic carbocycles. The van der Waals surface area contributed by atoms with Gasteiger partial charge in [0.2, 0.25) is 10.0 Å². The minimum atomic E-state index is -3.41. The van der Waals surface area contributed by atoms with Gasteiger partial charge in [-0.25, -0.2) is 18.1 Å². The molecule has 3 rings (SSSR count). The monoisotopic (exact) mass is 557 g/mol. The summed E-state index contributed by atoms with van der Waals surface area (Å²) in [4.78, 5) is 9.80. The molecule has 1 saturated heterocycles. The maximum absolute atomic E-state index is 11.9. The summed E-state index contributed by atoms with van der Waals surface area (Å²) in [5, 5.41) is 3.38. The molecule has 0 bridgehead atoms. The average molecular weight is 558 g/mol. The maximum Gasteiger partial charge on any atom is 0.240 e. The summed E-state index contributed by atoms with van der Waals surface area (Å²) in [6, 6.07) is 17.4. The Labute approximate surface area is 203 Å². The number of guanidine groups is 1. The molecular weight excluding hydrogens is 525 g/mol. The smallest absolute Gasteiger partial charge is 0.240 e. The third kappa shape index (κ3) is 7.44. The lowest BCUT2D eigenvalue weighted by Gasteiger charge is -2.36. The number of nitrogens with zero attached hydrogens (tertiary/aromatic N) is 3. The van der Waals surface area contributed by atoms with Crippen LogP contribution in [0.2, 0.25) is 0 Å². The van der Waals surface area contributed by atoms with E-state index < -0.39 is 10.0 Å². The van der Waals surface area contributed by atoms with Crippen molar-refractivity contribution in [1.29, 1.82) is 0 Å². The molecule has 7 nitrogen and oxygen atoms in total. The van der Waals surface area contributed by atoms with Crippen molar-refractivity contribution in [3.63, 3.8) is 0 Å². The number of aliphatic imine (C=N–C) groups is 1. The molecule has 1 aliphatic rings. The van der Waals surface area contributed by atoms with E-state index >= 15 is 0 Å². The molecule has 1 aliphatic heterocycles. The van der Waals surface area contributed by atoms with Crippen LogP contribution in [0.5, 0.6) is 0 Å². The van der Waals surface area contributed by atoms with Crippen LogP contribution >= 0.6 is 24.0 Å². The Bertz CT molecular complexity index is 928. The summed E-state index contributed by atoms with van der Waals surface area (Å²) in [6.07, 6.45) is 0. The van der Waals surface area contributed by atoms with E-state index in [1.165, 1.54) is 12.6 Å². The van der Waals surface area contributed by atoms with E-state index in [1.54, 1.807) is 12.1 Å². The molecule has 0 amide bonds. The van der Waals surface area contributed by atoms with E-state index in [2.05, 4.69) is 51.0 Å². The van der Waals surface area contributed by atoms with Crippen LogP contribution in [-0.4, -0.2) is 63.9 Å². The van der Waals surface area contributed by atoms with Crippen molar-refractivity contribution in [3.05, 3.63) is 65.7 Å². The number of benzene rings is 2. The van der Waals surface area contributed by atoms with Gasteiger partial charge in [0.05, 0.1) is 11.4 Å². The number of halogens is 1. The van der Waals surface area contributed by atoms with Gasteiger partial charge in [-0.15, -0.1) is 24.0 Å². The van der Waals surface area contributed by atoms with Crippen LogP contribution in [0.15, 0.2) is 64.5 Å². The van der Waals surface area contributed by atoms with E-state index in [9.17, 15) is 8.42 Å². The van der Waals surface area contributed by atoms with Crippen LogP contribution in [0, 0.1) is 0 Å². The lowest BCUT2D eigenvalue weighted by Crippen LogP contribution is -2.52. The first-order valence-electron chi connectivity index (χ1n) is 10.3. The normalized spacial score (nSPS) is 15.4. The number of hydrogen-bond donors (Lipinski definition) is 2. The molecule has 0 saturated carbocycles. The van der Waals surface area contributed by atoms with Crippen molar-refractivity contribution in [2.24, 2.45) is 4.99 Å². The fourth-order valence-electron chi connectivity index (χ4n) is 3.44. The Morgan fingerprint density at radius 2 is 1.61 bits per heavy atom. The lowest BCUT2D eigenvalue weighted by molar-refractivity contribution is 0.172. The molecule has 170 valence electrons. The summed E-state index contributed by atoms with van der Waals surface area (Å²) >= 11 is 0. The van der Waals surface area contributed by atoms with Crippen LogP contribution < -0.4 is 10.0 Å². The first kappa shape index (κ1) is 25.6. The molecule has 9 heteroatoms. The van der Waals surface area contributed by atoms with Crippen molar-refractivity contribution in [1.82, 2.24) is 19.8 Å². The highest BCUT2D eigenvalue weighted by Gasteiger charge is 2.19. The molecule has 1 heterocycles. The minimum absolute atomic E-state index is 0. The Morgan fingerprint density at radius 3 is 2.19 bits per heavy atom. The van der Waals surface area contributed by atoms with Crippen molar-refractivity contribution in [3.8, 4) is 0 Å². The van der Waals surface area contributed by atoms with E-state index in [-0.39, 0.29) is 28.9 Å². The second-order valence-electron chi connectivity index (χ2n) is 7.27. The molecular formula is C22H32IN5O2S. The van der Waals surface area contributed by atoms with E-state index in [0.717, 1.165) is 50.8 Å². The van der Waals surface area contributed by atoms with Gasteiger partial charge in [-0.05, 0) is 37.2 Å². The van der Waals surface area contributed by atoms with Crippen molar-refractivity contribution in [2.75, 3.05) is 39.8 Å². The van der Waals surface area contributed by atoms with Crippen LogP contribution in [-0.2, 0) is 23.1 Å². The number of piperazine rings is 1. The molecule has 0 spiro atoms. The quantitative estimate of drug-likeness (QED) is 0.311. The number of sulfonamides is 1. The number of hydrogen-bond acceptors (Lipinski definition) is 4. The molecule has 2 aromatic rings. The van der Waals surface area contributed by atoms with Gasteiger partial charge in [-0.2, -0.15) is 0 Å². The second kappa shape index (κ2) is 12.4. The average Bonchev–Trinajstić information content (AvgIpc) is 2.78. The fourth-order valence-corrected chi connectivity index (χ4v) is 4.17. The number of rotatable bonds is 7. The Morgan fingerprint density at radius 1 is 0.968 bits per heavy atom. The number of nitrogens with one attached hydrogen (secondary N) is 2.